The maximum absolute atomic E-state index is 13.3. The molecule has 0 saturated heterocycles. The van der Waals surface area contributed by atoms with Crippen molar-refractivity contribution in [3.8, 4) is 11.1 Å². The van der Waals surface area contributed by atoms with Crippen LogP contribution in [0.1, 0.15) is 37.7 Å². The molecule has 2 aromatic carbocycles. The first-order chi connectivity index (χ1) is 12.9. The maximum Gasteiger partial charge on any atom is 0.240 e. The number of methoxy groups -OCH3 is 1. The predicted octanol–water partition coefficient (Wildman–Crippen LogP) is 4.43. The molecule has 4 nitrogen and oxygen atoms in total. The first kappa shape index (κ1) is 20.0. The lowest BCUT2D eigenvalue weighted by atomic mass is 10.0. The number of halogens is 1. The molecular formula is C21H26FNO3S. The van der Waals surface area contributed by atoms with Gasteiger partial charge in [-0.2, -0.15) is 0 Å². The Morgan fingerprint density at radius 2 is 1.78 bits per heavy atom. The normalized spacial score (nSPS) is 21.0. The summed E-state index contributed by atoms with van der Waals surface area (Å²) in [5, 5.41) is 0. The molecule has 1 N–H and O–H groups in total. The fourth-order valence-corrected chi connectivity index (χ4v) is 4.97. The van der Waals surface area contributed by atoms with Gasteiger partial charge in [0, 0.05) is 13.2 Å². The Labute approximate surface area is 160 Å². The molecule has 146 valence electrons. The third-order valence-corrected chi connectivity index (χ3v) is 6.73. The fraction of sp³-hybridized carbons (Fsp3) is 0.429. The highest BCUT2D eigenvalue weighted by Gasteiger charge is 2.25. The van der Waals surface area contributed by atoms with Crippen molar-refractivity contribution in [1.82, 2.24) is 4.72 Å². The van der Waals surface area contributed by atoms with E-state index < -0.39 is 10.0 Å². The SMILES string of the molecule is COC1CCCCC(NS(=O)(=O)c2ccc(-c3ccc(F)cc3C)cc2)C1. The third kappa shape index (κ3) is 4.94. The van der Waals surface area contributed by atoms with Crippen LogP contribution in [-0.4, -0.2) is 27.7 Å². The van der Waals surface area contributed by atoms with Gasteiger partial charge in [-0.05, 0) is 67.1 Å². The van der Waals surface area contributed by atoms with E-state index in [0.29, 0.717) is 6.42 Å². The minimum Gasteiger partial charge on any atom is -0.381 e. The summed E-state index contributed by atoms with van der Waals surface area (Å²) >= 11 is 0. The van der Waals surface area contributed by atoms with Crippen molar-refractivity contribution in [3.05, 3.63) is 53.8 Å². The van der Waals surface area contributed by atoms with E-state index in [1.165, 1.54) is 12.1 Å². The van der Waals surface area contributed by atoms with Gasteiger partial charge in [0.2, 0.25) is 10.0 Å². The van der Waals surface area contributed by atoms with E-state index >= 15 is 0 Å². The van der Waals surface area contributed by atoms with E-state index in [-0.39, 0.29) is 22.9 Å². The summed E-state index contributed by atoms with van der Waals surface area (Å²) in [4.78, 5) is 0.240. The van der Waals surface area contributed by atoms with Crippen molar-refractivity contribution < 1.29 is 17.5 Å². The topological polar surface area (TPSA) is 55.4 Å². The fourth-order valence-electron chi connectivity index (χ4n) is 3.69. The first-order valence-electron chi connectivity index (χ1n) is 9.31. The minimum atomic E-state index is -3.59. The van der Waals surface area contributed by atoms with Crippen LogP contribution in [0.25, 0.3) is 11.1 Å². The Balaban J connectivity index is 1.77. The largest absolute Gasteiger partial charge is 0.381 e. The van der Waals surface area contributed by atoms with Crippen molar-refractivity contribution in [3.63, 3.8) is 0 Å². The van der Waals surface area contributed by atoms with E-state index in [1.54, 1.807) is 37.4 Å². The van der Waals surface area contributed by atoms with Gasteiger partial charge in [-0.1, -0.05) is 31.0 Å². The zero-order valence-electron chi connectivity index (χ0n) is 15.7. The van der Waals surface area contributed by atoms with Gasteiger partial charge in [-0.3, -0.25) is 0 Å². The molecule has 0 heterocycles. The lowest BCUT2D eigenvalue weighted by molar-refractivity contribution is 0.0854. The highest BCUT2D eigenvalue weighted by Crippen LogP contribution is 2.26. The molecule has 1 aliphatic carbocycles. The Bertz CT molecular complexity index is 881. The van der Waals surface area contributed by atoms with Crippen LogP contribution < -0.4 is 4.72 Å². The van der Waals surface area contributed by atoms with E-state index in [4.69, 9.17) is 4.74 Å². The highest BCUT2D eigenvalue weighted by molar-refractivity contribution is 7.89. The molecule has 0 aliphatic heterocycles. The van der Waals surface area contributed by atoms with Crippen molar-refractivity contribution in [2.45, 2.75) is 56.1 Å². The molecule has 0 radical (unpaired) electrons. The van der Waals surface area contributed by atoms with Crippen LogP contribution in [-0.2, 0) is 14.8 Å². The van der Waals surface area contributed by atoms with E-state index in [1.807, 2.05) is 6.92 Å². The smallest absolute Gasteiger partial charge is 0.240 e. The standard InChI is InChI=1S/C21H26FNO3S/c1-15-13-17(22)9-12-21(15)16-7-10-20(11-8-16)27(24,25)23-18-5-3-4-6-19(14-18)26-2/h7-13,18-19,23H,3-6,14H2,1-2H3. The molecule has 0 spiro atoms. The van der Waals surface area contributed by atoms with Crippen molar-refractivity contribution in [2.75, 3.05) is 7.11 Å². The quantitative estimate of drug-likeness (QED) is 0.768. The molecule has 1 aliphatic rings. The summed E-state index contributed by atoms with van der Waals surface area (Å²) < 4.78 is 47.1. The Morgan fingerprint density at radius 3 is 2.44 bits per heavy atom. The second-order valence-electron chi connectivity index (χ2n) is 7.18. The highest BCUT2D eigenvalue weighted by atomic mass is 32.2. The summed E-state index contributed by atoms with van der Waals surface area (Å²) in [5.41, 5.74) is 2.56. The number of sulfonamides is 1. The van der Waals surface area contributed by atoms with E-state index in [9.17, 15) is 12.8 Å². The summed E-state index contributed by atoms with van der Waals surface area (Å²) in [6.07, 6.45) is 4.65. The van der Waals surface area contributed by atoms with Crippen LogP contribution in [0, 0.1) is 12.7 Å². The Morgan fingerprint density at radius 1 is 1.07 bits per heavy atom. The Hall–Kier alpha value is -1.76. The number of nitrogens with one attached hydrogen (secondary N) is 1. The summed E-state index contributed by atoms with van der Waals surface area (Å²) in [7, 11) is -1.91. The lowest BCUT2D eigenvalue weighted by Gasteiger charge is -2.20. The number of benzene rings is 2. The summed E-state index contributed by atoms with van der Waals surface area (Å²) in [5.74, 6) is -0.280. The van der Waals surface area contributed by atoms with Crippen LogP contribution in [0.5, 0.6) is 0 Å². The van der Waals surface area contributed by atoms with Crippen LogP contribution in [0.3, 0.4) is 0 Å². The number of hydrogen-bond donors (Lipinski definition) is 1. The number of hydrogen-bond acceptors (Lipinski definition) is 3. The molecule has 1 saturated carbocycles. The van der Waals surface area contributed by atoms with Gasteiger partial charge < -0.3 is 4.74 Å². The summed E-state index contributed by atoms with van der Waals surface area (Å²) in [6.45, 7) is 1.84. The van der Waals surface area contributed by atoms with E-state index in [0.717, 1.165) is 42.4 Å². The molecule has 2 atom stereocenters. The van der Waals surface area contributed by atoms with Gasteiger partial charge >= 0.3 is 0 Å². The average molecular weight is 392 g/mol. The van der Waals surface area contributed by atoms with Crippen molar-refractivity contribution in [1.29, 1.82) is 0 Å². The van der Waals surface area contributed by atoms with Crippen LogP contribution >= 0.6 is 0 Å². The molecule has 2 aromatic rings. The van der Waals surface area contributed by atoms with Gasteiger partial charge in [-0.15, -0.1) is 0 Å². The van der Waals surface area contributed by atoms with Crippen molar-refractivity contribution >= 4 is 10.0 Å². The zero-order valence-corrected chi connectivity index (χ0v) is 16.6. The second kappa shape index (κ2) is 8.50. The lowest BCUT2D eigenvalue weighted by Crippen LogP contribution is -2.36. The van der Waals surface area contributed by atoms with Crippen LogP contribution in [0.2, 0.25) is 0 Å². The molecule has 6 heteroatoms. The molecular weight excluding hydrogens is 365 g/mol. The van der Waals surface area contributed by atoms with E-state index in [2.05, 4.69) is 4.72 Å². The van der Waals surface area contributed by atoms with Crippen molar-refractivity contribution in [2.24, 2.45) is 0 Å². The number of aryl methyl sites for hydroxylation is 1. The molecule has 2 unspecified atom stereocenters. The molecule has 3 rings (SSSR count). The molecule has 27 heavy (non-hydrogen) atoms. The maximum atomic E-state index is 13.3. The van der Waals surface area contributed by atoms with Gasteiger partial charge in [0.15, 0.2) is 0 Å². The third-order valence-electron chi connectivity index (χ3n) is 5.20. The van der Waals surface area contributed by atoms with Gasteiger partial charge in [-0.25, -0.2) is 17.5 Å². The predicted molar refractivity (Wildman–Crippen MR) is 105 cm³/mol. The van der Waals surface area contributed by atoms with Gasteiger partial charge in [0.05, 0.1) is 11.0 Å². The zero-order chi connectivity index (χ0) is 19.4. The average Bonchev–Trinajstić information content (AvgIpc) is 2.86. The van der Waals surface area contributed by atoms with Gasteiger partial charge in [0.1, 0.15) is 5.82 Å². The molecule has 0 aromatic heterocycles. The number of ether oxygens (including phenoxy) is 1. The van der Waals surface area contributed by atoms with Gasteiger partial charge in [0.25, 0.3) is 0 Å². The molecule has 0 amide bonds. The first-order valence-corrected chi connectivity index (χ1v) is 10.8. The minimum absolute atomic E-state index is 0.101. The van der Waals surface area contributed by atoms with Crippen LogP contribution in [0.4, 0.5) is 4.39 Å². The summed E-state index contributed by atoms with van der Waals surface area (Å²) in [6, 6.07) is 11.2. The monoisotopic (exact) mass is 391 g/mol. The molecule has 0 bridgehead atoms. The van der Waals surface area contributed by atoms with Crippen LogP contribution in [0.15, 0.2) is 47.4 Å². The Kier molecular flexibility index (Phi) is 6.29. The number of rotatable bonds is 5. The second-order valence-corrected chi connectivity index (χ2v) is 8.89. The molecule has 1 fully saturated rings.